The Hall–Kier alpha value is -1.35. The molecular formula is C18H19BrFN. The van der Waals surface area contributed by atoms with E-state index in [0.29, 0.717) is 12.0 Å². The molecule has 1 nitrogen and oxygen atoms in total. The first-order chi connectivity index (χ1) is 10.2. The van der Waals surface area contributed by atoms with Crippen molar-refractivity contribution in [1.29, 1.82) is 0 Å². The van der Waals surface area contributed by atoms with Crippen LogP contribution >= 0.6 is 15.9 Å². The highest BCUT2D eigenvalue weighted by Crippen LogP contribution is 2.39. The monoisotopic (exact) mass is 347 g/mol. The molecule has 0 spiro atoms. The van der Waals surface area contributed by atoms with Crippen molar-refractivity contribution < 1.29 is 4.39 Å². The van der Waals surface area contributed by atoms with Crippen LogP contribution in [-0.2, 0) is 6.42 Å². The Bertz CT molecular complexity index is 618. The van der Waals surface area contributed by atoms with Crippen LogP contribution in [-0.4, -0.2) is 6.04 Å². The zero-order valence-corrected chi connectivity index (χ0v) is 13.7. The Balaban J connectivity index is 1.61. The standard InChI is InChI=1S/C18H19BrFN/c1-2-12-9-15(19)5-8-18(12)21-17-10-14(11-17)13-3-6-16(20)7-4-13/h3-9,14,17,21H,2,10-11H2,1H3. The maximum atomic E-state index is 12.9. The molecule has 0 unspecified atom stereocenters. The van der Waals surface area contributed by atoms with Gasteiger partial charge < -0.3 is 5.32 Å². The fourth-order valence-electron chi connectivity index (χ4n) is 2.96. The van der Waals surface area contributed by atoms with E-state index in [1.807, 2.05) is 12.1 Å². The molecule has 1 N–H and O–H groups in total. The third-order valence-corrected chi connectivity index (χ3v) is 4.78. The lowest BCUT2D eigenvalue weighted by Gasteiger charge is -2.37. The minimum Gasteiger partial charge on any atom is -0.382 e. The molecule has 1 fully saturated rings. The maximum absolute atomic E-state index is 12.9. The highest BCUT2D eigenvalue weighted by molar-refractivity contribution is 9.10. The molecule has 1 saturated carbocycles. The Morgan fingerprint density at radius 1 is 1.14 bits per heavy atom. The minimum absolute atomic E-state index is 0.157. The number of benzene rings is 2. The van der Waals surface area contributed by atoms with E-state index in [0.717, 1.165) is 23.7 Å². The summed E-state index contributed by atoms with van der Waals surface area (Å²) in [6, 6.07) is 13.9. The van der Waals surface area contributed by atoms with Gasteiger partial charge in [-0.25, -0.2) is 4.39 Å². The number of halogens is 2. The van der Waals surface area contributed by atoms with Crippen LogP contribution in [0.1, 0.15) is 36.8 Å². The van der Waals surface area contributed by atoms with Gasteiger partial charge in [0.2, 0.25) is 0 Å². The highest BCUT2D eigenvalue weighted by atomic mass is 79.9. The molecule has 0 atom stereocenters. The van der Waals surface area contributed by atoms with Crippen LogP contribution < -0.4 is 5.32 Å². The van der Waals surface area contributed by atoms with E-state index in [2.05, 4.69) is 46.4 Å². The third kappa shape index (κ3) is 3.29. The average Bonchev–Trinajstić information content (AvgIpc) is 2.45. The van der Waals surface area contributed by atoms with Gasteiger partial charge in [-0.3, -0.25) is 0 Å². The van der Waals surface area contributed by atoms with Crippen molar-refractivity contribution >= 4 is 21.6 Å². The Labute approximate surface area is 133 Å². The minimum atomic E-state index is -0.157. The summed E-state index contributed by atoms with van der Waals surface area (Å²) in [5.74, 6) is 0.402. The Kier molecular flexibility index (Phi) is 4.29. The average molecular weight is 348 g/mol. The van der Waals surface area contributed by atoms with Gasteiger partial charge in [0.1, 0.15) is 5.82 Å². The molecule has 1 aliphatic carbocycles. The zero-order chi connectivity index (χ0) is 14.8. The number of rotatable bonds is 4. The predicted octanol–water partition coefficient (Wildman–Crippen LogP) is 5.51. The fraction of sp³-hybridized carbons (Fsp3) is 0.333. The molecule has 110 valence electrons. The van der Waals surface area contributed by atoms with Crippen molar-refractivity contribution in [3.8, 4) is 0 Å². The molecule has 0 aromatic heterocycles. The molecule has 0 aliphatic heterocycles. The normalized spacial score (nSPS) is 20.9. The van der Waals surface area contributed by atoms with E-state index >= 15 is 0 Å². The first kappa shape index (κ1) is 14.6. The number of nitrogens with one attached hydrogen (secondary N) is 1. The number of anilines is 1. The van der Waals surface area contributed by atoms with Crippen molar-refractivity contribution in [3.05, 3.63) is 63.9 Å². The van der Waals surface area contributed by atoms with Gasteiger partial charge in [-0.05, 0) is 66.6 Å². The van der Waals surface area contributed by atoms with Crippen LogP contribution in [0.15, 0.2) is 46.9 Å². The molecule has 1 aliphatic rings. The van der Waals surface area contributed by atoms with Crippen molar-refractivity contribution in [1.82, 2.24) is 0 Å². The summed E-state index contributed by atoms with van der Waals surface area (Å²) in [7, 11) is 0. The maximum Gasteiger partial charge on any atom is 0.123 e. The van der Waals surface area contributed by atoms with E-state index in [1.54, 1.807) is 12.1 Å². The van der Waals surface area contributed by atoms with Crippen molar-refractivity contribution in [2.75, 3.05) is 5.32 Å². The summed E-state index contributed by atoms with van der Waals surface area (Å²) >= 11 is 3.52. The lowest BCUT2D eigenvalue weighted by molar-refractivity contribution is 0.373. The first-order valence-electron chi connectivity index (χ1n) is 7.46. The molecule has 0 bridgehead atoms. The van der Waals surface area contributed by atoms with Gasteiger partial charge in [0, 0.05) is 16.2 Å². The lowest BCUT2D eigenvalue weighted by Crippen LogP contribution is -2.34. The third-order valence-electron chi connectivity index (χ3n) is 4.29. The lowest BCUT2D eigenvalue weighted by atomic mass is 9.75. The van der Waals surface area contributed by atoms with E-state index in [-0.39, 0.29) is 5.82 Å². The molecule has 21 heavy (non-hydrogen) atoms. The molecule has 2 aromatic rings. The summed E-state index contributed by atoms with van der Waals surface area (Å²) in [4.78, 5) is 0. The van der Waals surface area contributed by atoms with E-state index in [4.69, 9.17) is 0 Å². The second-order valence-electron chi connectivity index (χ2n) is 5.72. The number of hydrogen-bond donors (Lipinski definition) is 1. The molecule has 0 saturated heterocycles. The van der Waals surface area contributed by atoms with Crippen LogP contribution in [0.25, 0.3) is 0 Å². The van der Waals surface area contributed by atoms with Gasteiger partial charge >= 0.3 is 0 Å². The van der Waals surface area contributed by atoms with Crippen LogP contribution in [0.5, 0.6) is 0 Å². The van der Waals surface area contributed by atoms with Gasteiger partial charge in [0.15, 0.2) is 0 Å². The fourth-order valence-corrected chi connectivity index (χ4v) is 3.37. The van der Waals surface area contributed by atoms with Gasteiger partial charge in [0.25, 0.3) is 0 Å². The zero-order valence-electron chi connectivity index (χ0n) is 12.1. The molecule has 0 amide bonds. The molecule has 0 heterocycles. The first-order valence-corrected chi connectivity index (χ1v) is 8.25. The van der Waals surface area contributed by atoms with Crippen LogP contribution in [0.4, 0.5) is 10.1 Å². The quantitative estimate of drug-likeness (QED) is 0.768. The van der Waals surface area contributed by atoms with Gasteiger partial charge in [0.05, 0.1) is 0 Å². The van der Waals surface area contributed by atoms with Crippen molar-refractivity contribution in [2.24, 2.45) is 0 Å². The van der Waals surface area contributed by atoms with Crippen molar-refractivity contribution in [2.45, 2.75) is 38.1 Å². The van der Waals surface area contributed by atoms with E-state index in [9.17, 15) is 4.39 Å². The summed E-state index contributed by atoms with van der Waals surface area (Å²) < 4.78 is 14.1. The summed E-state index contributed by atoms with van der Waals surface area (Å²) in [5.41, 5.74) is 3.83. The largest absolute Gasteiger partial charge is 0.382 e. The topological polar surface area (TPSA) is 12.0 Å². The molecule has 3 rings (SSSR count). The van der Waals surface area contributed by atoms with Crippen molar-refractivity contribution in [3.63, 3.8) is 0 Å². The molecule has 2 aromatic carbocycles. The molecule has 0 radical (unpaired) electrons. The van der Waals surface area contributed by atoms with Crippen LogP contribution in [0, 0.1) is 5.82 Å². The smallest absolute Gasteiger partial charge is 0.123 e. The second-order valence-corrected chi connectivity index (χ2v) is 6.63. The summed E-state index contributed by atoms with van der Waals surface area (Å²) in [5, 5.41) is 3.64. The predicted molar refractivity (Wildman–Crippen MR) is 89.3 cm³/mol. The van der Waals surface area contributed by atoms with E-state index < -0.39 is 0 Å². The second kappa shape index (κ2) is 6.18. The SMILES string of the molecule is CCc1cc(Br)ccc1NC1CC(c2ccc(F)cc2)C1. The Morgan fingerprint density at radius 3 is 2.52 bits per heavy atom. The van der Waals surface area contributed by atoms with Gasteiger partial charge in [-0.1, -0.05) is 35.0 Å². The van der Waals surface area contributed by atoms with Gasteiger partial charge in [-0.15, -0.1) is 0 Å². The molecule has 3 heteroatoms. The number of hydrogen-bond acceptors (Lipinski definition) is 1. The van der Waals surface area contributed by atoms with Gasteiger partial charge in [-0.2, -0.15) is 0 Å². The number of aryl methyl sites for hydroxylation is 1. The van der Waals surface area contributed by atoms with E-state index in [1.165, 1.54) is 16.8 Å². The highest BCUT2D eigenvalue weighted by Gasteiger charge is 2.30. The van der Waals surface area contributed by atoms with Crippen LogP contribution in [0.2, 0.25) is 0 Å². The Morgan fingerprint density at radius 2 is 1.86 bits per heavy atom. The molecular weight excluding hydrogens is 329 g/mol. The summed E-state index contributed by atoms with van der Waals surface area (Å²) in [6.45, 7) is 2.18. The summed E-state index contributed by atoms with van der Waals surface area (Å²) in [6.07, 6.45) is 3.26. The van der Waals surface area contributed by atoms with Crippen LogP contribution in [0.3, 0.4) is 0 Å².